The van der Waals surface area contributed by atoms with Crippen molar-refractivity contribution < 1.29 is 4.79 Å². The van der Waals surface area contributed by atoms with Crippen LogP contribution in [0.1, 0.15) is 15.9 Å². The van der Waals surface area contributed by atoms with Gasteiger partial charge in [-0.1, -0.05) is 0 Å². The third-order valence-corrected chi connectivity index (χ3v) is 3.93. The average Bonchev–Trinajstić information content (AvgIpc) is 3.10. The zero-order chi connectivity index (χ0) is 14.4. The minimum atomic E-state index is -0.00206. The summed E-state index contributed by atoms with van der Waals surface area (Å²) in [6.07, 6.45) is 4.28. The maximum atomic E-state index is 12.8. The summed E-state index contributed by atoms with van der Waals surface area (Å²) in [5.74, 6) is -0.00206. The lowest BCUT2D eigenvalue weighted by Gasteiger charge is -2.17. The maximum absolute atomic E-state index is 12.8. The van der Waals surface area contributed by atoms with Crippen molar-refractivity contribution in [2.75, 3.05) is 17.2 Å². The lowest BCUT2D eigenvalue weighted by atomic mass is 10.1. The summed E-state index contributed by atoms with van der Waals surface area (Å²) in [4.78, 5) is 21.9. The van der Waals surface area contributed by atoms with Crippen molar-refractivity contribution in [3.63, 3.8) is 0 Å². The SMILES string of the molecule is Nc1ccc2c(c1)CCN2C(=O)c1c[nH]c2ncccc12. The number of rotatable bonds is 1. The Morgan fingerprint density at radius 2 is 2.24 bits per heavy atom. The van der Waals surface area contributed by atoms with E-state index in [0.717, 1.165) is 34.4 Å². The van der Waals surface area contributed by atoms with Crippen molar-refractivity contribution in [2.45, 2.75) is 6.42 Å². The average molecular weight is 278 g/mol. The van der Waals surface area contributed by atoms with Gasteiger partial charge in [-0.15, -0.1) is 0 Å². The third kappa shape index (κ3) is 1.78. The van der Waals surface area contributed by atoms with Gasteiger partial charge in [-0.2, -0.15) is 0 Å². The topological polar surface area (TPSA) is 75.0 Å². The molecule has 0 saturated heterocycles. The number of aromatic amines is 1. The van der Waals surface area contributed by atoms with Gasteiger partial charge >= 0.3 is 0 Å². The van der Waals surface area contributed by atoms with Crippen molar-refractivity contribution in [1.29, 1.82) is 0 Å². The number of pyridine rings is 1. The molecule has 0 unspecified atom stereocenters. The number of fused-ring (bicyclic) bond motifs is 2. The summed E-state index contributed by atoms with van der Waals surface area (Å²) >= 11 is 0. The number of carbonyl (C=O) groups excluding carboxylic acids is 1. The molecule has 2 aromatic heterocycles. The highest BCUT2D eigenvalue weighted by molar-refractivity contribution is 6.14. The van der Waals surface area contributed by atoms with E-state index in [9.17, 15) is 4.79 Å². The minimum absolute atomic E-state index is 0.00206. The predicted octanol–water partition coefficient (Wildman–Crippen LogP) is 2.35. The standard InChI is InChI=1S/C16H14N4O/c17-11-3-4-14-10(8-11)5-7-20(14)16(21)13-9-19-15-12(13)2-1-6-18-15/h1-4,6,8-9H,5,7,17H2,(H,18,19). The molecule has 1 amide bonds. The van der Waals surface area contributed by atoms with Crippen LogP contribution in [0.5, 0.6) is 0 Å². The number of benzene rings is 1. The highest BCUT2D eigenvalue weighted by Gasteiger charge is 2.27. The Hall–Kier alpha value is -2.82. The molecule has 21 heavy (non-hydrogen) atoms. The van der Waals surface area contributed by atoms with Crippen molar-refractivity contribution in [2.24, 2.45) is 0 Å². The zero-order valence-electron chi connectivity index (χ0n) is 11.3. The molecule has 1 aliphatic heterocycles. The molecule has 3 aromatic rings. The first-order chi connectivity index (χ1) is 10.2. The van der Waals surface area contributed by atoms with E-state index in [1.54, 1.807) is 12.4 Å². The van der Waals surface area contributed by atoms with Gasteiger partial charge in [-0.3, -0.25) is 4.79 Å². The Kier molecular flexibility index (Phi) is 2.47. The molecule has 1 aliphatic rings. The van der Waals surface area contributed by atoms with E-state index in [2.05, 4.69) is 9.97 Å². The number of aromatic nitrogens is 2. The van der Waals surface area contributed by atoms with E-state index in [4.69, 9.17) is 5.73 Å². The van der Waals surface area contributed by atoms with Crippen molar-refractivity contribution in [1.82, 2.24) is 9.97 Å². The van der Waals surface area contributed by atoms with Crippen LogP contribution < -0.4 is 10.6 Å². The van der Waals surface area contributed by atoms with Gasteiger partial charge in [0.15, 0.2) is 0 Å². The number of anilines is 2. The highest BCUT2D eigenvalue weighted by atomic mass is 16.2. The summed E-state index contributed by atoms with van der Waals surface area (Å²) in [6.45, 7) is 0.685. The van der Waals surface area contributed by atoms with Crippen molar-refractivity contribution in [3.05, 3.63) is 53.9 Å². The Morgan fingerprint density at radius 3 is 3.14 bits per heavy atom. The van der Waals surface area contributed by atoms with Crippen LogP contribution in [0.15, 0.2) is 42.7 Å². The van der Waals surface area contributed by atoms with Crippen molar-refractivity contribution in [3.8, 4) is 0 Å². The lowest BCUT2D eigenvalue weighted by Crippen LogP contribution is -2.28. The number of nitrogens with zero attached hydrogens (tertiary/aromatic N) is 2. The van der Waals surface area contributed by atoms with Crippen LogP contribution in [0.3, 0.4) is 0 Å². The number of nitrogens with two attached hydrogens (primary N) is 1. The maximum Gasteiger partial charge on any atom is 0.260 e. The van der Waals surface area contributed by atoms with Gasteiger partial charge in [-0.05, 0) is 42.3 Å². The summed E-state index contributed by atoms with van der Waals surface area (Å²) in [6, 6.07) is 9.45. The summed E-state index contributed by atoms with van der Waals surface area (Å²) in [5.41, 5.74) is 10.0. The van der Waals surface area contributed by atoms with Gasteiger partial charge in [0.25, 0.3) is 5.91 Å². The highest BCUT2D eigenvalue weighted by Crippen LogP contribution is 2.31. The Balaban J connectivity index is 1.77. The molecule has 3 heterocycles. The molecule has 0 bridgehead atoms. The first-order valence-corrected chi connectivity index (χ1v) is 6.86. The van der Waals surface area contributed by atoms with Crippen molar-refractivity contribution >= 4 is 28.3 Å². The van der Waals surface area contributed by atoms with E-state index in [-0.39, 0.29) is 5.91 Å². The Labute approximate surface area is 121 Å². The number of nitrogens with one attached hydrogen (secondary N) is 1. The van der Waals surface area contributed by atoms with Gasteiger partial charge in [-0.25, -0.2) is 4.98 Å². The first kappa shape index (κ1) is 12.0. The fraction of sp³-hybridized carbons (Fsp3) is 0.125. The van der Waals surface area contributed by atoms with Crippen LogP contribution in [-0.4, -0.2) is 22.4 Å². The Morgan fingerprint density at radius 1 is 1.33 bits per heavy atom. The fourth-order valence-electron chi connectivity index (χ4n) is 2.91. The van der Waals surface area contributed by atoms with Gasteiger partial charge in [0, 0.05) is 35.7 Å². The normalized spacial score (nSPS) is 13.6. The van der Waals surface area contributed by atoms with E-state index >= 15 is 0 Å². The number of carbonyl (C=O) groups is 1. The van der Waals surface area contributed by atoms with Crippen LogP contribution >= 0.6 is 0 Å². The predicted molar refractivity (Wildman–Crippen MR) is 82.3 cm³/mol. The molecule has 0 atom stereocenters. The molecule has 0 radical (unpaired) electrons. The lowest BCUT2D eigenvalue weighted by molar-refractivity contribution is 0.0991. The quantitative estimate of drug-likeness (QED) is 0.671. The van der Waals surface area contributed by atoms with E-state index in [0.29, 0.717) is 12.1 Å². The van der Waals surface area contributed by atoms with Crippen LogP contribution in [0.25, 0.3) is 11.0 Å². The molecule has 5 nitrogen and oxygen atoms in total. The number of nitrogen functional groups attached to an aromatic ring is 1. The fourth-order valence-corrected chi connectivity index (χ4v) is 2.91. The molecule has 104 valence electrons. The van der Waals surface area contributed by atoms with Gasteiger partial charge in [0.1, 0.15) is 5.65 Å². The molecule has 0 fully saturated rings. The second-order valence-electron chi connectivity index (χ2n) is 5.20. The molecule has 0 aliphatic carbocycles. The molecule has 0 saturated carbocycles. The second-order valence-corrected chi connectivity index (χ2v) is 5.20. The molecule has 0 spiro atoms. The second kappa shape index (κ2) is 4.34. The molecule has 3 N–H and O–H groups in total. The minimum Gasteiger partial charge on any atom is -0.399 e. The first-order valence-electron chi connectivity index (χ1n) is 6.86. The summed E-state index contributed by atoms with van der Waals surface area (Å²) < 4.78 is 0. The largest absolute Gasteiger partial charge is 0.399 e. The number of hydrogen-bond acceptors (Lipinski definition) is 3. The smallest absolute Gasteiger partial charge is 0.260 e. The van der Waals surface area contributed by atoms with Gasteiger partial charge in [0.2, 0.25) is 0 Å². The number of hydrogen-bond donors (Lipinski definition) is 2. The monoisotopic (exact) mass is 278 g/mol. The molecular weight excluding hydrogens is 264 g/mol. The summed E-state index contributed by atoms with van der Waals surface area (Å²) in [5, 5.41) is 0.853. The van der Waals surface area contributed by atoms with Crippen LogP contribution in [0.4, 0.5) is 11.4 Å². The van der Waals surface area contributed by atoms with E-state index in [1.807, 2.05) is 35.2 Å². The third-order valence-electron chi connectivity index (χ3n) is 3.93. The van der Waals surface area contributed by atoms with Crippen LogP contribution in [0.2, 0.25) is 0 Å². The number of H-pyrrole nitrogens is 1. The molecule has 5 heteroatoms. The van der Waals surface area contributed by atoms with E-state index in [1.165, 1.54) is 0 Å². The van der Waals surface area contributed by atoms with E-state index < -0.39 is 0 Å². The van der Waals surface area contributed by atoms with Gasteiger partial charge in [0.05, 0.1) is 5.56 Å². The van der Waals surface area contributed by atoms with Gasteiger partial charge < -0.3 is 15.6 Å². The van der Waals surface area contributed by atoms with Crippen LogP contribution in [-0.2, 0) is 6.42 Å². The molecule has 4 rings (SSSR count). The Bertz CT molecular complexity index is 852. The number of amides is 1. The van der Waals surface area contributed by atoms with Crippen LogP contribution in [0, 0.1) is 0 Å². The molecule has 1 aromatic carbocycles. The molecular formula is C16H14N4O. The summed E-state index contributed by atoms with van der Waals surface area (Å²) in [7, 11) is 0. The zero-order valence-corrected chi connectivity index (χ0v) is 11.3.